The van der Waals surface area contributed by atoms with Crippen molar-refractivity contribution in [2.75, 3.05) is 13.2 Å². The smallest absolute Gasteiger partial charge is 0.323 e. The van der Waals surface area contributed by atoms with Gasteiger partial charge in [0.15, 0.2) is 0 Å². The van der Waals surface area contributed by atoms with Crippen LogP contribution in [0.25, 0.3) is 0 Å². The van der Waals surface area contributed by atoms with Gasteiger partial charge in [-0.3, -0.25) is 10.7 Å². The first kappa shape index (κ1) is 10.4. The minimum atomic E-state index is -0.427. The zero-order valence-corrected chi connectivity index (χ0v) is 9.17. The second kappa shape index (κ2) is 3.48. The lowest BCUT2D eigenvalue weighted by Gasteiger charge is -2.41. The molecule has 0 aromatic rings. The van der Waals surface area contributed by atoms with E-state index in [-0.39, 0.29) is 12.1 Å². The minimum absolute atomic E-state index is 0.112. The molecule has 2 unspecified atom stereocenters. The molecule has 5 heteroatoms. The molecule has 0 aliphatic carbocycles. The van der Waals surface area contributed by atoms with Crippen LogP contribution in [0.3, 0.4) is 0 Å². The van der Waals surface area contributed by atoms with Gasteiger partial charge in [-0.05, 0) is 13.8 Å². The van der Waals surface area contributed by atoms with Gasteiger partial charge >= 0.3 is 6.03 Å². The van der Waals surface area contributed by atoms with E-state index in [4.69, 9.17) is 10.1 Å². The number of nitrogens with zero attached hydrogens (tertiary/aromatic N) is 1. The van der Waals surface area contributed by atoms with Crippen LogP contribution in [0.2, 0.25) is 0 Å². The van der Waals surface area contributed by atoms with Crippen LogP contribution in [0.5, 0.6) is 0 Å². The molecule has 2 rings (SSSR count). The van der Waals surface area contributed by atoms with E-state index in [0.717, 1.165) is 12.8 Å². The fraction of sp³-hybridized carbons (Fsp3) is 0.800. The Morgan fingerprint density at radius 2 is 2.47 bits per heavy atom. The quantitative estimate of drug-likeness (QED) is 0.678. The van der Waals surface area contributed by atoms with Crippen LogP contribution in [0.1, 0.15) is 26.7 Å². The number of carbonyl (C=O) groups excluding carboxylic acids is 1. The van der Waals surface area contributed by atoms with Crippen LogP contribution in [-0.2, 0) is 4.74 Å². The summed E-state index contributed by atoms with van der Waals surface area (Å²) < 4.78 is 5.48. The highest BCUT2D eigenvalue weighted by Crippen LogP contribution is 2.34. The lowest BCUT2D eigenvalue weighted by Crippen LogP contribution is -2.54. The number of urea groups is 1. The van der Waals surface area contributed by atoms with E-state index in [2.05, 4.69) is 5.32 Å². The molecular weight excluding hydrogens is 194 g/mol. The minimum Gasteiger partial charge on any atom is -0.378 e. The molecule has 0 aromatic carbocycles. The third-order valence-corrected chi connectivity index (χ3v) is 3.32. The van der Waals surface area contributed by atoms with Gasteiger partial charge in [-0.15, -0.1) is 0 Å². The lowest BCUT2D eigenvalue weighted by atomic mass is 9.85. The average molecular weight is 211 g/mol. The number of amidine groups is 1. The fourth-order valence-electron chi connectivity index (χ4n) is 2.60. The Bertz CT molecular complexity index is 305. The van der Waals surface area contributed by atoms with E-state index >= 15 is 0 Å². The first-order valence-electron chi connectivity index (χ1n) is 5.39. The number of rotatable bonds is 1. The molecule has 2 heterocycles. The summed E-state index contributed by atoms with van der Waals surface area (Å²) in [5.41, 5.74) is -0.427. The Kier molecular flexibility index (Phi) is 2.42. The van der Waals surface area contributed by atoms with Crippen LogP contribution in [-0.4, -0.2) is 41.6 Å². The summed E-state index contributed by atoms with van der Waals surface area (Å²) in [6.07, 6.45) is 1.56. The molecule has 0 aromatic heterocycles. The van der Waals surface area contributed by atoms with E-state index in [0.29, 0.717) is 19.0 Å². The van der Waals surface area contributed by atoms with Crippen molar-refractivity contribution in [2.45, 2.75) is 38.3 Å². The number of nitrogens with one attached hydrogen (secondary N) is 2. The molecule has 0 bridgehead atoms. The van der Waals surface area contributed by atoms with Crippen molar-refractivity contribution in [3.05, 3.63) is 0 Å². The molecule has 1 spiro atoms. The van der Waals surface area contributed by atoms with Crippen molar-refractivity contribution >= 4 is 11.9 Å². The molecule has 15 heavy (non-hydrogen) atoms. The molecule has 2 saturated heterocycles. The summed E-state index contributed by atoms with van der Waals surface area (Å²) in [6.45, 7) is 5.20. The maximum atomic E-state index is 11.6. The molecule has 0 radical (unpaired) electrons. The van der Waals surface area contributed by atoms with Crippen LogP contribution >= 0.6 is 0 Å². The molecule has 2 aliphatic rings. The zero-order chi connectivity index (χ0) is 11.1. The normalized spacial score (nSPS) is 36.1. The average Bonchev–Trinajstić information content (AvgIpc) is 2.38. The molecule has 2 N–H and O–H groups in total. The molecule has 2 aliphatic heterocycles. The Morgan fingerprint density at radius 3 is 3.07 bits per heavy atom. The maximum absolute atomic E-state index is 11.6. The topological polar surface area (TPSA) is 65.4 Å². The highest BCUT2D eigenvalue weighted by atomic mass is 16.5. The van der Waals surface area contributed by atoms with Gasteiger partial charge in [0.1, 0.15) is 11.4 Å². The standard InChI is InChI=1S/C10H17N3O2/c1-3-13-9(14)12-8(11)10(13)4-5-15-7(2)6-10/h7H,3-6H2,1-2H3,(H2,11,12,14). The SMILES string of the molecule is CCN1C(=O)NC(=N)C12CCOC(C)C2. The number of hydrogen-bond acceptors (Lipinski definition) is 3. The van der Waals surface area contributed by atoms with E-state index in [1.807, 2.05) is 13.8 Å². The van der Waals surface area contributed by atoms with E-state index in [9.17, 15) is 4.79 Å². The highest BCUT2D eigenvalue weighted by Gasteiger charge is 2.51. The molecule has 2 fully saturated rings. The van der Waals surface area contributed by atoms with E-state index in [1.165, 1.54) is 0 Å². The third-order valence-electron chi connectivity index (χ3n) is 3.32. The molecular formula is C10H17N3O2. The lowest BCUT2D eigenvalue weighted by molar-refractivity contribution is -0.0218. The summed E-state index contributed by atoms with van der Waals surface area (Å²) in [5, 5.41) is 10.5. The van der Waals surface area contributed by atoms with Crippen LogP contribution < -0.4 is 5.32 Å². The molecule has 2 amide bonds. The van der Waals surface area contributed by atoms with Gasteiger partial charge in [0.2, 0.25) is 0 Å². The number of carbonyl (C=O) groups is 1. The predicted molar refractivity (Wildman–Crippen MR) is 56.0 cm³/mol. The fourth-order valence-corrected chi connectivity index (χ4v) is 2.60. The van der Waals surface area contributed by atoms with E-state index < -0.39 is 5.54 Å². The second-order valence-electron chi connectivity index (χ2n) is 4.22. The summed E-state index contributed by atoms with van der Waals surface area (Å²) in [6, 6.07) is -0.142. The van der Waals surface area contributed by atoms with Crippen molar-refractivity contribution in [3.63, 3.8) is 0 Å². The van der Waals surface area contributed by atoms with Gasteiger partial charge in [0.25, 0.3) is 0 Å². The number of likely N-dealkylation sites (N-methyl/N-ethyl adjacent to an activating group) is 1. The van der Waals surface area contributed by atoms with Gasteiger partial charge in [-0.2, -0.15) is 0 Å². The van der Waals surface area contributed by atoms with Crippen molar-refractivity contribution in [3.8, 4) is 0 Å². The zero-order valence-electron chi connectivity index (χ0n) is 9.17. The Labute approximate surface area is 89.3 Å². The van der Waals surface area contributed by atoms with Crippen molar-refractivity contribution in [1.82, 2.24) is 10.2 Å². The molecule has 84 valence electrons. The Balaban J connectivity index is 2.30. The maximum Gasteiger partial charge on any atom is 0.323 e. The second-order valence-corrected chi connectivity index (χ2v) is 4.22. The van der Waals surface area contributed by atoms with Gasteiger partial charge in [0, 0.05) is 26.0 Å². The monoisotopic (exact) mass is 211 g/mol. The Hall–Kier alpha value is -1.10. The number of amides is 2. The first-order chi connectivity index (χ1) is 7.10. The largest absolute Gasteiger partial charge is 0.378 e. The van der Waals surface area contributed by atoms with Crippen LogP contribution in [0.4, 0.5) is 4.79 Å². The summed E-state index contributed by atoms with van der Waals surface area (Å²) in [7, 11) is 0. The summed E-state index contributed by atoms with van der Waals surface area (Å²) >= 11 is 0. The number of hydrogen-bond donors (Lipinski definition) is 2. The third kappa shape index (κ3) is 1.42. The summed E-state index contributed by atoms with van der Waals surface area (Å²) in [4.78, 5) is 13.4. The molecule has 0 saturated carbocycles. The molecule has 5 nitrogen and oxygen atoms in total. The van der Waals surface area contributed by atoms with Crippen molar-refractivity contribution < 1.29 is 9.53 Å². The van der Waals surface area contributed by atoms with Gasteiger partial charge in [0.05, 0.1) is 6.10 Å². The first-order valence-corrected chi connectivity index (χ1v) is 5.39. The van der Waals surface area contributed by atoms with Gasteiger partial charge in [-0.1, -0.05) is 0 Å². The Morgan fingerprint density at radius 1 is 1.73 bits per heavy atom. The van der Waals surface area contributed by atoms with Crippen LogP contribution in [0, 0.1) is 5.41 Å². The van der Waals surface area contributed by atoms with Gasteiger partial charge in [-0.25, -0.2) is 4.79 Å². The summed E-state index contributed by atoms with van der Waals surface area (Å²) in [5.74, 6) is 0.338. The number of ether oxygens (including phenoxy) is 1. The van der Waals surface area contributed by atoms with Gasteiger partial charge < -0.3 is 9.64 Å². The molecule has 2 atom stereocenters. The van der Waals surface area contributed by atoms with Crippen molar-refractivity contribution in [1.29, 1.82) is 5.41 Å². The van der Waals surface area contributed by atoms with E-state index in [1.54, 1.807) is 4.90 Å². The van der Waals surface area contributed by atoms with Crippen LogP contribution in [0.15, 0.2) is 0 Å². The highest BCUT2D eigenvalue weighted by molar-refractivity contribution is 6.08. The van der Waals surface area contributed by atoms with Crippen molar-refractivity contribution in [2.24, 2.45) is 0 Å². The predicted octanol–water partition coefficient (Wildman–Crippen LogP) is 0.946.